The van der Waals surface area contributed by atoms with E-state index in [4.69, 9.17) is 16.7 Å². The average Bonchev–Trinajstić information content (AvgIpc) is 2.69. The fourth-order valence-electron chi connectivity index (χ4n) is 2.05. The SMILES string of the molecule is O=C(O)CCC(=O)N1CCc2cc(Br)cc(Cl)c21. The molecule has 0 aromatic heterocycles. The van der Waals surface area contributed by atoms with Crippen LogP contribution in [0, 0.1) is 0 Å². The van der Waals surface area contributed by atoms with E-state index in [1.807, 2.05) is 6.07 Å². The van der Waals surface area contributed by atoms with Gasteiger partial charge in [-0.15, -0.1) is 0 Å². The molecule has 96 valence electrons. The van der Waals surface area contributed by atoms with E-state index in [2.05, 4.69) is 15.9 Å². The third kappa shape index (κ3) is 2.67. The van der Waals surface area contributed by atoms with Gasteiger partial charge in [0.1, 0.15) is 0 Å². The maximum atomic E-state index is 11.9. The van der Waals surface area contributed by atoms with E-state index >= 15 is 0 Å². The van der Waals surface area contributed by atoms with Crippen molar-refractivity contribution in [2.75, 3.05) is 11.4 Å². The molecule has 0 atom stereocenters. The first-order valence-electron chi connectivity index (χ1n) is 5.49. The molecule has 0 aliphatic carbocycles. The fourth-order valence-corrected chi connectivity index (χ4v) is 3.03. The lowest BCUT2D eigenvalue weighted by molar-refractivity contribution is -0.138. The molecule has 6 heteroatoms. The molecule has 2 rings (SSSR count). The van der Waals surface area contributed by atoms with Crippen LogP contribution in [0.25, 0.3) is 0 Å². The van der Waals surface area contributed by atoms with Crippen LogP contribution in [0.15, 0.2) is 16.6 Å². The van der Waals surface area contributed by atoms with Gasteiger partial charge in [0, 0.05) is 17.4 Å². The Bertz CT molecular complexity index is 518. The van der Waals surface area contributed by atoms with Gasteiger partial charge in [0.2, 0.25) is 5.91 Å². The van der Waals surface area contributed by atoms with Crippen LogP contribution in [0.3, 0.4) is 0 Å². The summed E-state index contributed by atoms with van der Waals surface area (Å²) >= 11 is 9.49. The summed E-state index contributed by atoms with van der Waals surface area (Å²) in [4.78, 5) is 24.0. The second-order valence-electron chi connectivity index (χ2n) is 4.08. The quantitative estimate of drug-likeness (QED) is 0.926. The zero-order valence-electron chi connectivity index (χ0n) is 9.45. The third-order valence-electron chi connectivity index (χ3n) is 2.84. The Morgan fingerprint density at radius 1 is 1.39 bits per heavy atom. The van der Waals surface area contributed by atoms with Crippen LogP contribution < -0.4 is 4.90 Å². The summed E-state index contributed by atoms with van der Waals surface area (Å²) in [5.41, 5.74) is 1.73. The number of carboxylic acid groups (broad SMARTS) is 1. The lowest BCUT2D eigenvalue weighted by atomic mass is 10.2. The first kappa shape index (κ1) is 13.4. The molecule has 0 saturated heterocycles. The summed E-state index contributed by atoms with van der Waals surface area (Å²) < 4.78 is 0.881. The van der Waals surface area contributed by atoms with Gasteiger partial charge >= 0.3 is 5.97 Å². The number of anilines is 1. The molecule has 1 amide bonds. The van der Waals surface area contributed by atoms with Crippen molar-refractivity contribution < 1.29 is 14.7 Å². The van der Waals surface area contributed by atoms with Gasteiger partial charge in [0.05, 0.1) is 17.1 Å². The van der Waals surface area contributed by atoms with Crippen molar-refractivity contribution in [3.8, 4) is 0 Å². The predicted molar refractivity (Wildman–Crippen MR) is 72.1 cm³/mol. The van der Waals surface area contributed by atoms with E-state index in [1.54, 1.807) is 11.0 Å². The molecule has 0 radical (unpaired) electrons. The van der Waals surface area contributed by atoms with E-state index in [0.717, 1.165) is 22.1 Å². The Morgan fingerprint density at radius 2 is 2.11 bits per heavy atom. The zero-order chi connectivity index (χ0) is 13.3. The van der Waals surface area contributed by atoms with Crippen molar-refractivity contribution in [2.45, 2.75) is 19.3 Å². The molecule has 1 N–H and O–H groups in total. The van der Waals surface area contributed by atoms with Gasteiger partial charge in [0.15, 0.2) is 0 Å². The summed E-state index contributed by atoms with van der Waals surface area (Å²) in [5.74, 6) is -1.16. The number of aliphatic carboxylic acids is 1. The normalized spacial score (nSPS) is 13.6. The summed E-state index contributed by atoms with van der Waals surface area (Å²) in [6.07, 6.45) is 0.591. The van der Waals surface area contributed by atoms with Crippen molar-refractivity contribution in [2.24, 2.45) is 0 Å². The van der Waals surface area contributed by atoms with Gasteiger partial charge in [-0.3, -0.25) is 9.59 Å². The molecule has 0 fully saturated rings. The van der Waals surface area contributed by atoms with Crippen molar-refractivity contribution in [1.29, 1.82) is 0 Å². The minimum atomic E-state index is -0.968. The number of hydrogen-bond acceptors (Lipinski definition) is 2. The van der Waals surface area contributed by atoms with Gasteiger partial charge in [-0.05, 0) is 24.1 Å². The third-order valence-corrected chi connectivity index (χ3v) is 3.58. The summed E-state index contributed by atoms with van der Waals surface area (Å²) in [7, 11) is 0. The second-order valence-corrected chi connectivity index (χ2v) is 5.41. The summed E-state index contributed by atoms with van der Waals surface area (Å²) in [6, 6.07) is 3.68. The van der Waals surface area contributed by atoms with Gasteiger partial charge < -0.3 is 10.0 Å². The number of fused-ring (bicyclic) bond motifs is 1. The van der Waals surface area contributed by atoms with Crippen LogP contribution in [0.2, 0.25) is 5.02 Å². The van der Waals surface area contributed by atoms with Crippen LogP contribution >= 0.6 is 27.5 Å². The van der Waals surface area contributed by atoms with Gasteiger partial charge in [-0.1, -0.05) is 27.5 Å². The molecule has 4 nitrogen and oxygen atoms in total. The highest BCUT2D eigenvalue weighted by molar-refractivity contribution is 9.10. The standard InChI is InChI=1S/C12H11BrClNO3/c13-8-5-7-3-4-15(12(7)9(14)6-8)10(16)1-2-11(17)18/h5-6H,1-4H2,(H,17,18). The molecular formula is C12H11BrClNO3. The van der Waals surface area contributed by atoms with E-state index in [-0.39, 0.29) is 18.7 Å². The molecule has 0 spiro atoms. The van der Waals surface area contributed by atoms with Gasteiger partial charge in [-0.25, -0.2) is 0 Å². The van der Waals surface area contributed by atoms with Gasteiger partial charge in [-0.2, -0.15) is 0 Å². The van der Waals surface area contributed by atoms with Crippen molar-refractivity contribution in [1.82, 2.24) is 0 Å². The number of carbonyl (C=O) groups is 2. The maximum Gasteiger partial charge on any atom is 0.303 e. The largest absolute Gasteiger partial charge is 0.481 e. The molecule has 1 aromatic carbocycles. The molecule has 1 aromatic rings. The van der Waals surface area contributed by atoms with Crippen molar-refractivity contribution in [3.05, 3.63) is 27.2 Å². The topological polar surface area (TPSA) is 57.6 Å². The molecule has 0 bridgehead atoms. The Kier molecular flexibility index (Phi) is 3.92. The zero-order valence-corrected chi connectivity index (χ0v) is 11.8. The number of carboxylic acids is 1. The van der Waals surface area contributed by atoms with Gasteiger partial charge in [0.25, 0.3) is 0 Å². The number of hydrogen-bond donors (Lipinski definition) is 1. The first-order chi connectivity index (χ1) is 8.49. The highest BCUT2D eigenvalue weighted by Crippen LogP contribution is 2.38. The Labute approximate surface area is 118 Å². The summed E-state index contributed by atoms with van der Waals surface area (Å²) in [6.45, 7) is 0.559. The molecule has 1 heterocycles. The van der Waals surface area contributed by atoms with Crippen molar-refractivity contribution >= 4 is 45.1 Å². The van der Waals surface area contributed by atoms with Crippen LogP contribution in [-0.2, 0) is 16.0 Å². The van der Waals surface area contributed by atoms with Crippen molar-refractivity contribution in [3.63, 3.8) is 0 Å². The van der Waals surface area contributed by atoms with Crippen LogP contribution in [-0.4, -0.2) is 23.5 Å². The highest BCUT2D eigenvalue weighted by Gasteiger charge is 2.27. The molecule has 0 unspecified atom stereocenters. The number of benzene rings is 1. The molecular weight excluding hydrogens is 321 g/mol. The maximum absolute atomic E-state index is 11.9. The first-order valence-corrected chi connectivity index (χ1v) is 6.66. The number of nitrogens with zero attached hydrogens (tertiary/aromatic N) is 1. The van der Waals surface area contributed by atoms with Crippen LogP contribution in [0.5, 0.6) is 0 Å². The Morgan fingerprint density at radius 3 is 2.78 bits per heavy atom. The number of rotatable bonds is 3. The van der Waals surface area contributed by atoms with E-state index in [0.29, 0.717) is 11.6 Å². The predicted octanol–water partition coefficient (Wildman–Crippen LogP) is 2.86. The lowest BCUT2D eigenvalue weighted by Crippen LogP contribution is -2.29. The second kappa shape index (κ2) is 5.28. The minimum absolute atomic E-state index is 0.00116. The number of halogens is 2. The highest BCUT2D eigenvalue weighted by atomic mass is 79.9. The van der Waals surface area contributed by atoms with Crippen LogP contribution in [0.1, 0.15) is 18.4 Å². The fraction of sp³-hybridized carbons (Fsp3) is 0.333. The number of amides is 1. The van der Waals surface area contributed by atoms with Crippen LogP contribution in [0.4, 0.5) is 5.69 Å². The molecule has 1 aliphatic heterocycles. The molecule has 1 aliphatic rings. The van der Waals surface area contributed by atoms with E-state index in [1.165, 1.54) is 0 Å². The summed E-state index contributed by atoms with van der Waals surface area (Å²) in [5, 5.41) is 9.10. The number of carbonyl (C=O) groups excluding carboxylic acids is 1. The van der Waals surface area contributed by atoms with E-state index in [9.17, 15) is 9.59 Å². The minimum Gasteiger partial charge on any atom is -0.481 e. The molecule has 18 heavy (non-hydrogen) atoms. The Hall–Kier alpha value is -1.07. The Balaban J connectivity index is 2.21. The average molecular weight is 333 g/mol. The monoisotopic (exact) mass is 331 g/mol. The molecule has 0 saturated carbocycles. The lowest BCUT2D eigenvalue weighted by Gasteiger charge is -2.18. The van der Waals surface area contributed by atoms with E-state index < -0.39 is 5.97 Å². The smallest absolute Gasteiger partial charge is 0.303 e.